The summed E-state index contributed by atoms with van der Waals surface area (Å²) in [4.78, 5) is 6.79. The Labute approximate surface area is 116 Å². The van der Waals surface area contributed by atoms with Crippen molar-refractivity contribution in [3.63, 3.8) is 0 Å². The minimum Gasteiger partial charge on any atom is -0.353 e. The van der Waals surface area contributed by atoms with Crippen LogP contribution in [0.4, 0.5) is 5.82 Å². The summed E-state index contributed by atoms with van der Waals surface area (Å²) in [5, 5.41) is 0. The standard InChI is InChI=1S/C16H25N3/c1-12(17)13-5-8-18-15(11-13)19-9-6-14(7-10-19)16(2,3)4/h5-6,8,11-12H,7,9-10,17H2,1-4H3. The zero-order chi connectivity index (χ0) is 14.0. The fourth-order valence-corrected chi connectivity index (χ4v) is 2.45. The zero-order valence-electron chi connectivity index (χ0n) is 12.5. The molecule has 3 heteroatoms. The highest BCUT2D eigenvalue weighted by Crippen LogP contribution is 2.31. The van der Waals surface area contributed by atoms with E-state index in [0.717, 1.165) is 30.9 Å². The number of pyridine rings is 1. The Bertz CT molecular complexity index is 469. The van der Waals surface area contributed by atoms with Gasteiger partial charge >= 0.3 is 0 Å². The first-order valence-electron chi connectivity index (χ1n) is 7.04. The summed E-state index contributed by atoms with van der Waals surface area (Å²) in [6.45, 7) is 10.8. The lowest BCUT2D eigenvalue weighted by Gasteiger charge is -2.33. The average molecular weight is 259 g/mol. The van der Waals surface area contributed by atoms with Crippen molar-refractivity contribution in [2.45, 2.75) is 40.2 Å². The van der Waals surface area contributed by atoms with Gasteiger partial charge in [0.05, 0.1) is 0 Å². The summed E-state index contributed by atoms with van der Waals surface area (Å²) in [5.74, 6) is 1.04. The quantitative estimate of drug-likeness (QED) is 0.829. The van der Waals surface area contributed by atoms with Crippen molar-refractivity contribution < 1.29 is 0 Å². The SMILES string of the molecule is CC(N)c1ccnc(N2CC=C(C(C)(C)C)CC2)c1. The Hall–Kier alpha value is -1.35. The van der Waals surface area contributed by atoms with E-state index < -0.39 is 0 Å². The maximum absolute atomic E-state index is 5.93. The highest BCUT2D eigenvalue weighted by molar-refractivity contribution is 5.44. The summed E-state index contributed by atoms with van der Waals surface area (Å²) in [5.41, 5.74) is 8.91. The molecule has 0 aliphatic carbocycles. The van der Waals surface area contributed by atoms with Crippen molar-refractivity contribution in [3.8, 4) is 0 Å². The Morgan fingerprint density at radius 1 is 1.37 bits per heavy atom. The monoisotopic (exact) mass is 259 g/mol. The number of hydrogen-bond donors (Lipinski definition) is 1. The van der Waals surface area contributed by atoms with Crippen molar-refractivity contribution in [1.29, 1.82) is 0 Å². The first-order chi connectivity index (χ1) is 8.88. The van der Waals surface area contributed by atoms with E-state index in [-0.39, 0.29) is 11.5 Å². The van der Waals surface area contributed by atoms with Crippen LogP contribution in [0.3, 0.4) is 0 Å². The van der Waals surface area contributed by atoms with Crippen molar-refractivity contribution in [1.82, 2.24) is 4.98 Å². The topological polar surface area (TPSA) is 42.1 Å². The zero-order valence-corrected chi connectivity index (χ0v) is 12.5. The largest absolute Gasteiger partial charge is 0.353 e. The predicted octanol–water partition coefficient (Wildman–Crippen LogP) is 3.28. The second-order valence-electron chi connectivity index (χ2n) is 6.41. The van der Waals surface area contributed by atoms with Crippen molar-refractivity contribution in [2.75, 3.05) is 18.0 Å². The maximum atomic E-state index is 5.93. The van der Waals surface area contributed by atoms with Gasteiger partial charge in [-0.3, -0.25) is 0 Å². The second-order valence-corrected chi connectivity index (χ2v) is 6.41. The van der Waals surface area contributed by atoms with E-state index in [1.165, 1.54) is 0 Å². The first-order valence-corrected chi connectivity index (χ1v) is 7.04. The lowest BCUT2D eigenvalue weighted by Crippen LogP contribution is -2.31. The van der Waals surface area contributed by atoms with E-state index in [9.17, 15) is 0 Å². The van der Waals surface area contributed by atoms with E-state index in [0.29, 0.717) is 0 Å². The van der Waals surface area contributed by atoms with Gasteiger partial charge in [-0.25, -0.2) is 4.98 Å². The fourth-order valence-electron chi connectivity index (χ4n) is 2.45. The van der Waals surface area contributed by atoms with E-state index in [2.05, 4.69) is 42.8 Å². The summed E-state index contributed by atoms with van der Waals surface area (Å²) >= 11 is 0. The molecule has 0 amide bonds. The fraction of sp³-hybridized carbons (Fsp3) is 0.562. The van der Waals surface area contributed by atoms with Gasteiger partial charge < -0.3 is 10.6 Å². The Balaban J connectivity index is 2.14. The average Bonchev–Trinajstić information content (AvgIpc) is 2.38. The number of nitrogens with two attached hydrogens (primary N) is 1. The molecule has 0 saturated heterocycles. The number of anilines is 1. The van der Waals surface area contributed by atoms with Crippen LogP contribution in [0.5, 0.6) is 0 Å². The molecule has 0 spiro atoms. The summed E-state index contributed by atoms with van der Waals surface area (Å²) in [6.07, 6.45) is 5.33. The molecule has 1 aromatic rings. The molecule has 1 aliphatic rings. The minimum atomic E-state index is 0.0622. The molecule has 0 bridgehead atoms. The lowest BCUT2D eigenvalue weighted by atomic mass is 9.83. The van der Waals surface area contributed by atoms with Gasteiger partial charge in [-0.2, -0.15) is 0 Å². The highest BCUT2D eigenvalue weighted by Gasteiger charge is 2.21. The van der Waals surface area contributed by atoms with Gasteiger partial charge in [-0.15, -0.1) is 0 Å². The van der Waals surface area contributed by atoms with Gasteiger partial charge in [-0.1, -0.05) is 32.4 Å². The summed E-state index contributed by atoms with van der Waals surface area (Å²) in [7, 11) is 0. The van der Waals surface area contributed by atoms with Crippen LogP contribution in [0.25, 0.3) is 0 Å². The number of rotatable bonds is 2. The Morgan fingerprint density at radius 2 is 2.11 bits per heavy atom. The van der Waals surface area contributed by atoms with Crippen LogP contribution in [-0.2, 0) is 0 Å². The van der Waals surface area contributed by atoms with Crippen molar-refractivity contribution in [2.24, 2.45) is 11.1 Å². The third kappa shape index (κ3) is 3.35. The molecule has 1 atom stereocenters. The van der Waals surface area contributed by atoms with Gasteiger partial charge in [0.1, 0.15) is 5.82 Å². The van der Waals surface area contributed by atoms with Crippen LogP contribution in [-0.4, -0.2) is 18.1 Å². The van der Waals surface area contributed by atoms with Crippen LogP contribution in [0, 0.1) is 5.41 Å². The highest BCUT2D eigenvalue weighted by atomic mass is 15.2. The van der Waals surface area contributed by atoms with Crippen LogP contribution < -0.4 is 10.6 Å². The molecule has 2 rings (SSSR count). The van der Waals surface area contributed by atoms with Crippen LogP contribution >= 0.6 is 0 Å². The number of hydrogen-bond acceptors (Lipinski definition) is 3. The molecule has 19 heavy (non-hydrogen) atoms. The molecule has 1 aliphatic heterocycles. The van der Waals surface area contributed by atoms with E-state index >= 15 is 0 Å². The summed E-state index contributed by atoms with van der Waals surface area (Å²) < 4.78 is 0. The van der Waals surface area contributed by atoms with Crippen molar-refractivity contribution >= 4 is 5.82 Å². The van der Waals surface area contributed by atoms with Gasteiger partial charge in [-0.05, 0) is 36.5 Å². The van der Waals surface area contributed by atoms with E-state index in [1.807, 2.05) is 19.2 Å². The molecule has 2 heterocycles. The molecule has 0 aromatic carbocycles. The first kappa shape index (κ1) is 14.1. The predicted molar refractivity (Wildman–Crippen MR) is 81.2 cm³/mol. The van der Waals surface area contributed by atoms with Gasteiger partial charge in [0.2, 0.25) is 0 Å². The molecule has 0 saturated carbocycles. The van der Waals surface area contributed by atoms with Gasteiger partial charge in [0, 0.05) is 25.3 Å². The Morgan fingerprint density at radius 3 is 2.63 bits per heavy atom. The number of aromatic nitrogens is 1. The molecular formula is C16H25N3. The van der Waals surface area contributed by atoms with E-state index in [4.69, 9.17) is 5.73 Å². The van der Waals surface area contributed by atoms with Gasteiger partial charge in [0.15, 0.2) is 0 Å². The third-order valence-corrected chi connectivity index (χ3v) is 3.79. The lowest BCUT2D eigenvalue weighted by molar-refractivity contribution is 0.472. The molecular weight excluding hydrogens is 234 g/mol. The molecule has 2 N–H and O–H groups in total. The minimum absolute atomic E-state index is 0.0622. The smallest absolute Gasteiger partial charge is 0.129 e. The van der Waals surface area contributed by atoms with Crippen LogP contribution in [0.2, 0.25) is 0 Å². The molecule has 104 valence electrons. The van der Waals surface area contributed by atoms with E-state index in [1.54, 1.807) is 5.57 Å². The third-order valence-electron chi connectivity index (χ3n) is 3.79. The Kier molecular flexibility index (Phi) is 3.95. The molecule has 0 fully saturated rings. The maximum Gasteiger partial charge on any atom is 0.129 e. The van der Waals surface area contributed by atoms with Crippen LogP contribution in [0.1, 0.15) is 45.7 Å². The van der Waals surface area contributed by atoms with Crippen molar-refractivity contribution in [3.05, 3.63) is 35.5 Å². The molecule has 3 nitrogen and oxygen atoms in total. The normalized spacial score (nSPS) is 18.2. The van der Waals surface area contributed by atoms with Crippen LogP contribution in [0.15, 0.2) is 30.0 Å². The second kappa shape index (κ2) is 5.33. The summed E-state index contributed by atoms with van der Waals surface area (Å²) in [6, 6.07) is 4.17. The van der Waals surface area contributed by atoms with Gasteiger partial charge in [0.25, 0.3) is 0 Å². The molecule has 1 aromatic heterocycles. The number of nitrogens with zero attached hydrogens (tertiary/aromatic N) is 2. The molecule has 1 unspecified atom stereocenters. The molecule has 0 radical (unpaired) electrons.